The molecule has 0 spiro atoms. The third-order valence-corrected chi connectivity index (χ3v) is 1.90. The average Bonchev–Trinajstić information content (AvgIpc) is 2.29. The van der Waals surface area contributed by atoms with Crippen molar-refractivity contribution in [2.24, 2.45) is 11.6 Å². The van der Waals surface area contributed by atoms with Gasteiger partial charge in [-0.25, -0.2) is 5.84 Å². The van der Waals surface area contributed by atoms with Gasteiger partial charge in [0.15, 0.2) is 0 Å². The first-order valence-corrected chi connectivity index (χ1v) is 4.66. The molecule has 0 saturated heterocycles. The Balaban J connectivity index is 2.60. The number of nitrogens with two attached hydrogens (primary N) is 2. The summed E-state index contributed by atoms with van der Waals surface area (Å²) in [6.07, 6.45) is 0.115. The first kappa shape index (κ1) is 12.0. The van der Waals surface area contributed by atoms with Crippen molar-refractivity contribution in [1.29, 1.82) is 0 Å². The summed E-state index contributed by atoms with van der Waals surface area (Å²) in [6, 6.07) is 6.56. The summed E-state index contributed by atoms with van der Waals surface area (Å²) in [5.41, 5.74) is 7.42. The van der Waals surface area contributed by atoms with Crippen LogP contribution in [-0.2, 0) is 4.79 Å². The summed E-state index contributed by atoms with van der Waals surface area (Å²) in [6.45, 7) is 0.132. The van der Waals surface area contributed by atoms with E-state index in [1.54, 1.807) is 24.3 Å². The van der Waals surface area contributed by atoms with Crippen molar-refractivity contribution in [3.05, 3.63) is 29.8 Å². The largest absolute Gasteiger partial charge is 0.492 e. The minimum Gasteiger partial charge on any atom is -0.492 e. The number of carbonyl (C=O) groups is 2. The molecular formula is C10H13N3O3. The van der Waals surface area contributed by atoms with E-state index in [0.29, 0.717) is 5.75 Å². The Bertz CT molecular complexity index is 393. The summed E-state index contributed by atoms with van der Waals surface area (Å²) in [4.78, 5) is 21.8. The van der Waals surface area contributed by atoms with Crippen molar-refractivity contribution >= 4 is 11.8 Å². The van der Waals surface area contributed by atoms with E-state index in [-0.39, 0.29) is 24.5 Å². The molecule has 2 amide bonds. The van der Waals surface area contributed by atoms with E-state index in [4.69, 9.17) is 16.3 Å². The van der Waals surface area contributed by atoms with Crippen molar-refractivity contribution in [3.63, 3.8) is 0 Å². The van der Waals surface area contributed by atoms with Gasteiger partial charge in [0.2, 0.25) is 5.91 Å². The molecule has 1 aromatic carbocycles. The van der Waals surface area contributed by atoms with Crippen LogP contribution >= 0.6 is 0 Å². The third-order valence-electron chi connectivity index (χ3n) is 1.90. The van der Waals surface area contributed by atoms with E-state index in [0.717, 1.165) is 0 Å². The van der Waals surface area contributed by atoms with Gasteiger partial charge in [-0.3, -0.25) is 15.0 Å². The Kier molecular flexibility index (Phi) is 4.28. The van der Waals surface area contributed by atoms with Crippen molar-refractivity contribution in [2.45, 2.75) is 6.42 Å². The number of hydrazine groups is 1. The fourth-order valence-electron chi connectivity index (χ4n) is 1.12. The highest BCUT2D eigenvalue weighted by Gasteiger charge is 2.08. The maximum Gasteiger partial charge on any atom is 0.252 e. The summed E-state index contributed by atoms with van der Waals surface area (Å²) in [5, 5.41) is 0. The van der Waals surface area contributed by atoms with Gasteiger partial charge >= 0.3 is 0 Å². The van der Waals surface area contributed by atoms with Crippen LogP contribution in [0.4, 0.5) is 0 Å². The number of ether oxygens (including phenoxy) is 1. The molecule has 0 unspecified atom stereocenters. The highest BCUT2D eigenvalue weighted by atomic mass is 16.5. The van der Waals surface area contributed by atoms with E-state index < -0.39 is 5.91 Å². The molecule has 0 aliphatic rings. The number of hydrogen-bond acceptors (Lipinski definition) is 4. The van der Waals surface area contributed by atoms with E-state index >= 15 is 0 Å². The van der Waals surface area contributed by atoms with Gasteiger partial charge in [0.05, 0.1) is 18.6 Å². The zero-order valence-corrected chi connectivity index (χ0v) is 8.60. The number of carbonyl (C=O) groups excluding carboxylic acids is 2. The monoisotopic (exact) mass is 223 g/mol. The van der Waals surface area contributed by atoms with Gasteiger partial charge in [-0.15, -0.1) is 0 Å². The number of rotatable bonds is 5. The van der Waals surface area contributed by atoms with Crippen molar-refractivity contribution in [1.82, 2.24) is 5.43 Å². The zero-order valence-electron chi connectivity index (χ0n) is 8.60. The van der Waals surface area contributed by atoms with Crippen LogP contribution in [-0.4, -0.2) is 18.4 Å². The molecular weight excluding hydrogens is 210 g/mol. The SMILES string of the molecule is NNC(=O)CCOc1ccccc1C(N)=O. The predicted octanol–water partition coefficient (Wildman–Crippen LogP) is -0.456. The molecule has 0 aliphatic heterocycles. The molecule has 0 atom stereocenters. The highest BCUT2D eigenvalue weighted by Crippen LogP contribution is 2.17. The second kappa shape index (κ2) is 5.72. The number of primary amides is 1. The Morgan fingerprint density at radius 3 is 2.62 bits per heavy atom. The summed E-state index contributed by atoms with van der Waals surface area (Å²) < 4.78 is 5.25. The molecule has 6 nitrogen and oxygen atoms in total. The average molecular weight is 223 g/mol. The summed E-state index contributed by atoms with van der Waals surface area (Å²) in [7, 11) is 0. The second-order valence-electron chi connectivity index (χ2n) is 3.03. The number of para-hydroxylation sites is 1. The molecule has 5 N–H and O–H groups in total. The Morgan fingerprint density at radius 1 is 1.31 bits per heavy atom. The van der Waals surface area contributed by atoms with Crippen LogP contribution in [0.3, 0.4) is 0 Å². The molecule has 0 fully saturated rings. The standard InChI is InChI=1S/C10H13N3O3/c11-10(15)7-3-1-2-4-8(7)16-6-5-9(14)13-12/h1-4H,5-6,12H2,(H2,11,15)(H,13,14). The number of amides is 2. The first-order valence-electron chi connectivity index (χ1n) is 4.66. The Morgan fingerprint density at radius 2 is 2.00 bits per heavy atom. The molecule has 0 aliphatic carbocycles. The molecule has 0 aromatic heterocycles. The van der Waals surface area contributed by atoms with Gasteiger partial charge < -0.3 is 10.5 Å². The molecule has 0 saturated carbocycles. The molecule has 1 rings (SSSR count). The quantitative estimate of drug-likeness (QED) is 0.356. The molecule has 1 aromatic rings. The van der Waals surface area contributed by atoms with E-state index in [1.165, 1.54) is 0 Å². The van der Waals surface area contributed by atoms with Crippen LogP contribution < -0.4 is 21.7 Å². The van der Waals surface area contributed by atoms with Crippen molar-refractivity contribution in [2.75, 3.05) is 6.61 Å². The number of nitrogens with one attached hydrogen (secondary N) is 1. The fourth-order valence-corrected chi connectivity index (χ4v) is 1.12. The number of hydrogen-bond donors (Lipinski definition) is 3. The van der Waals surface area contributed by atoms with Crippen molar-refractivity contribution < 1.29 is 14.3 Å². The lowest BCUT2D eigenvalue weighted by molar-refractivity contribution is -0.121. The molecule has 0 heterocycles. The van der Waals surface area contributed by atoms with E-state index in [2.05, 4.69) is 0 Å². The molecule has 16 heavy (non-hydrogen) atoms. The van der Waals surface area contributed by atoms with Gasteiger partial charge in [-0.1, -0.05) is 12.1 Å². The topological polar surface area (TPSA) is 107 Å². The lowest BCUT2D eigenvalue weighted by atomic mass is 10.2. The minimum atomic E-state index is -0.570. The zero-order chi connectivity index (χ0) is 12.0. The maximum atomic E-state index is 11.0. The lowest BCUT2D eigenvalue weighted by Gasteiger charge is -2.08. The van der Waals surface area contributed by atoms with Crippen LogP contribution in [0.15, 0.2) is 24.3 Å². The van der Waals surface area contributed by atoms with Gasteiger partial charge in [0.1, 0.15) is 5.75 Å². The molecule has 86 valence electrons. The van der Waals surface area contributed by atoms with Gasteiger partial charge in [-0.05, 0) is 12.1 Å². The maximum absolute atomic E-state index is 11.0. The van der Waals surface area contributed by atoms with Crippen LogP contribution in [0.5, 0.6) is 5.75 Å². The van der Waals surface area contributed by atoms with Gasteiger partial charge in [-0.2, -0.15) is 0 Å². The fraction of sp³-hybridized carbons (Fsp3) is 0.200. The van der Waals surface area contributed by atoms with Crippen molar-refractivity contribution in [3.8, 4) is 5.75 Å². The highest BCUT2D eigenvalue weighted by molar-refractivity contribution is 5.95. The molecule has 6 heteroatoms. The minimum absolute atomic E-state index is 0.115. The molecule has 0 bridgehead atoms. The molecule has 0 radical (unpaired) electrons. The van der Waals surface area contributed by atoms with Crippen LogP contribution in [0.25, 0.3) is 0 Å². The van der Waals surface area contributed by atoms with Crippen LogP contribution in [0.2, 0.25) is 0 Å². The lowest BCUT2D eigenvalue weighted by Crippen LogP contribution is -2.31. The number of benzene rings is 1. The Labute approximate surface area is 92.5 Å². The summed E-state index contributed by atoms with van der Waals surface area (Å²) in [5.74, 6) is 4.35. The van der Waals surface area contributed by atoms with Crippen LogP contribution in [0.1, 0.15) is 16.8 Å². The Hall–Kier alpha value is -2.08. The van der Waals surface area contributed by atoms with Crippen LogP contribution in [0, 0.1) is 0 Å². The predicted molar refractivity (Wildman–Crippen MR) is 57.4 cm³/mol. The van der Waals surface area contributed by atoms with Gasteiger partial charge in [0, 0.05) is 0 Å². The first-order chi connectivity index (χ1) is 7.65. The normalized spacial score (nSPS) is 9.56. The van der Waals surface area contributed by atoms with Gasteiger partial charge in [0.25, 0.3) is 5.91 Å². The summed E-state index contributed by atoms with van der Waals surface area (Å²) >= 11 is 0. The smallest absolute Gasteiger partial charge is 0.252 e. The second-order valence-corrected chi connectivity index (χ2v) is 3.03. The third kappa shape index (κ3) is 3.25. The van der Waals surface area contributed by atoms with E-state index in [9.17, 15) is 9.59 Å². The van der Waals surface area contributed by atoms with E-state index in [1.807, 2.05) is 5.43 Å².